The highest BCUT2D eigenvalue weighted by molar-refractivity contribution is 7.14. The Morgan fingerprint density at radius 1 is 1.14 bits per heavy atom. The number of carbonyl (C=O) groups is 1. The van der Waals surface area contributed by atoms with E-state index in [9.17, 15) is 4.79 Å². The molecule has 0 bridgehead atoms. The third kappa shape index (κ3) is 3.95. The number of ether oxygens (including phenoxy) is 2. The third-order valence-corrected chi connectivity index (χ3v) is 4.30. The molecule has 3 nitrogen and oxygen atoms in total. The van der Waals surface area contributed by atoms with Crippen LogP contribution in [0.4, 0.5) is 0 Å². The van der Waals surface area contributed by atoms with Crippen LogP contribution in [0.15, 0.2) is 36.4 Å². The summed E-state index contributed by atoms with van der Waals surface area (Å²) < 4.78 is 10.4. The Kier molecular flexibility index (Phi) is 5.17. The van der Waals surface area contributed by atoms with Crippen LogP contribution in [-0.4, -0.2) is 20.0 Å². The molecule has 0 atom stereocenters. The number of hydrogen-bond donors (Lipinski definition) is 0. The molecule has 0 aliphatic rings. The minimum absolute atomic E-state index is 0.0153. The third-order valence-electron chi connectivity index (χ3n) is 3.05. The van der Waals surface area contributed by atoms with Crippen LogP contribution in [0.5, 0.6) is 11.5 Å². The maximum atomic E-state index is 12.1. The van der Waals surface area contributed by atoms with Gasteiger partial charge < -0.3 is 9.47 Å². The predicted molar refractivity (Wildman–Crippen MR) is 86.6 cm³/mol. The molecule has 4 heteroatoms. The lowest BCUT2D eigenvalue weighted by Crippen LogP contribution is -1.90. The highest BCUT2D eigenvalue weighted by Gasteiger charge is 2.06. The summed E-state index contributed by atoms with van der Waals surface area (Å²) in [7, 11) is 3.21. The number of ketones is 1. The first-order valence-electron chi connectivity index (χ1n) is 6.70. The highest BCUT2D eigenvalue weighted by atomic mass is 32.1. The van der Waals surface area contributed by atoms with Gasteiger partial charge in [-0.15, -0.1) is 11.3 Å². The molecule has 1 heterocycles. The minimum atomic E-state index is 0.0153. The van der Waals surface area contributed by atoms with Crippen molar-refractivity contribution in [3.8, 4) is 11.5 Å². The van der Waals surface area contributed by atoms with Gasteiger partial charge in [0.25, 0.3) is 0 Å². The zero-order valence-electron chi connectivity index (χ0n) is 12.4. The largest absolute Gasteiger partial charge is 0.497 e. The van der Waals surface area contributed by atoms with E-state index in [1.807, 2.05) is 24.3 Å². The van der Waals surface area contributed by atoms with Crippen molar-refractivity contribution in [3.63, 3.8) is 0 Å². The number of allylic oxidation sites excluding steroid dienone is 1. The van der Waals surface area contributed by atoms with Crippen molar-refractivity contribution in [2.45, 2.75) is 13.3 Å². The molecule has 2 aromatic rings. The summed E-state index contributed by atoms with van der Waals surface area (Å²) >= 11 is 1.54. The number of rotatable bonds is 6. The zero-order valence-corrected chi connectivity index (χ0v) is 13.2. The van der Waals surface area contributed by atoms with Crippen molar-refractivity contribution < 1.29 is 14.3 Å². The standard InChI is InChI=1S/C17H18O3S/c1-4-15-6-8-17(21-15)16(18)7-5-12-9-13(19-2)11-14(10-12)20-3/h5-11H,4H2,1-3H3/b7-5+. The summed E-state index contributed by atoms with van der Waals surface area (Å²) in [5.41, 5.74) is 0.867. The fourth-order valence-corrected chi connectivity index (χ4v) is 2.75. The predicted octanol–water partition coefficient (Wildman–Crippen LogP) is 4.22. The topological polar surface area (TPSA) is 35.5 Å². The van der Waals surface area contributed by atoms with Crippen LogP contribution in [0, 0.1) is 0 Å². The Balaban J connectivity index is 2.18. The van der Waals surface area contributed by atoms with Gasteiger partial charge >= 0.3 is 0 Å². The van der Waals surface area contributed by atoms with Crippen molar-refractivity contribution in [2.75, 3.05) is 14.2 Å². The fourth-order valence-electron chi connectivity index (χ4n) is 1.88. The summed E-state index contributed by atoms with van der Waals surface area (Å²) in [6, 6.07) is 9.39. The van der Waals surface area contributed by atoms with E-state index in [-0.39, 0.29) is 5.78 Å². The fraction of sp³-hybridized carbons (Fsp3) is 0.235. The van der Waals surface area contributed by atoms with Gasteiger partial charge in [0.15, 0.2) is 5.78 Å². The van der Waals surface area contributed by atoms with E-state index in [0.29, 0.717) is 11.5 Å². The number of methoxy groups -OCH3 is 2. The van der Waals surface area contributed by atoms with Crippen LogP contribution >= 0.6 is 11.3 Å². The van der Waals surface area contributed by atoms with Crippen molar-refractivity contribution in [1.82, 2.24) is 0 Å². The average Bonchev–Trinajstić information content (AvgIpc) is 3.01. The van der Waals surface area contributed by atoms with Crippen LogP contribution in [0.3, 0.4) is 0 Å². The average molecular weight is 302 g/mol. The van der Waals surface area contributed by atoms with E-state index in [1.165, 1.54) is 4.88 Å². The van der Waals surface area contributed by atoms with Crippen LogP contribution in [-0.2, 0) is 6.42 Å². The summed E-state index contributed by atoms with van der Waals surface area (Å²) in [6.45, 7) is 2.08. The monoisotopic (exact) mass is 302 g/mol. The molecular weight excluding hydrogens is 284 g/mol. The molecule has 0 saturated heterocycles. The minimum Gasteiger partial charge on any atom is -0.497 e. The Hall–Kier alpha value is -2.07. The van der Waals surface area contributed by atoms with Gasteiger partial charge in [-0.3, -0.25) is 4.79 Å². The van der Waals surface area contributed by atoms with Crippen LogP contribution in [0.2, 0.25) is 0 Å². The Morgan fingerprint density at radius 2 is 1.81 bits per heavy atom. The second kappa shape index (κ2) is 7.09. The van der Waals surface area contributed by atoms with Crippen LogP contribution in [0.25, 0.3) is 6.08 Å². The molecule has 1 aromatic heterocycles. The summed E-state index contributed by atoms with van der Waals surface area (Å²) in [5.74, 6) is 1.41. The molecule has 2 rings (SSSR count). The summed E-state index contributed by atoms with van der Waals surface area (Å²) in [4.78, 5) is 14.1. The quantitative estimate of drug-likeness (QED) is 0.592. The van der Waals surface area contributed by atoms with Gasteiger partial charge in [-0.25, -0.2) is 0 Å². The van der Waals surface area contributed by atoms with Crippen molar-refractivity contribution in [2.24, 2.45) is 0 Å². The molecule has 0 aliphatic heterocycles. The Bertz CT molecular complexity index is 634. The van der Waals surface area contributed by atoms with E-state index in [1.54, 1.807) is 43.8 Å². The molecule has 0 amide bonds. The second-order valence-corrected chi connectivity index (χ2v) is 5.63. The van der Waals surface area contributed by atoms with Gasteiger partial charge in [0, 0.05) is 10.9 Å². The number of carbonyl (C=O) groups excluding carboxylic acids is 1. The molecule has 0 saturated carbocycles. The first kappa shape index (κ1) is 15.3. The lowest BCUT2D eigenvalue weighted by Gasteiger charge is -2.05. The van der Waals surface area contributed by atoms with Crippen molar-refractivity contribution >= 4 is 23.2 Å². The van der Waals surface area contributed by atoms with Crippen molar-refractivity contribution in [3.05, 3.63) is 51.7 Å². The lowest BCUT2D eigenvalue weighted by molar-refractivity contribution is 0.105. The summed E-state index contributed by atoms with van der Waals surface area (Å²) in [6.07, 6.45) is 4.31. The first-order valence-corrected chi connectivity index (χ1v) is 7.52. The van der Waals surface area contributed by atoms with Crippen molar-refractivity contribution in [1.29, 1.82) is 0 Å². The molecule has 110 valence electrons. The molecule has 0 N–H and O–H groups in total. The first-order chi connectivity index (χ1) is 10.2. The van der Waals surface area contributed by atoms with E-state index in [0.717, 1.165) is 16.9 Å². The van der Waals surface area contributed by atoms with E-state index < -0.39 is 0 Å². The smallest absolute Gasteiger partial charge is 0.195 e. The number of hydrogen-bond acceptors (Lipinski definition) is 4. The molecule has 0 aliphatic carbocycles. The van der Waals surface area contributed by atoms with E-state index >= 15 is 0 Å². The van der Waals surface area contributed by atoms with Crippen LogP contribution in [0.1, 0.15) is 27.0 Å². The zero-order chi connectivity index (χ0) is 15.2. The lowest BCUT2D eigenvalue weighted by atomic mass is 10.1. The molecule has 0 fully saturated rings. The molecule has 0 unspecified atom stereocenters. The number of thiophene rings is 1. The van der Waals surface area contributed by atoms with Gasteiger partial charge in [-0.05, 0) is 42.3 Å². The number of aryl methyl sites for hydroxylation is 1. The highest BCUT2D eigenvalue weighted by Crippen LogP contribution is 2.24. The Labute approximate surface area is 128 Å². The molecule has 0 radical (unpaired) electrons. The van der Waals surface area contributed by atoms with Gasteiger partial charge in [-0.2, -0.15) is 0 Å². The normalized spacial score (nSPS) is 10.8. The molecule has 1 aromatic carbocycles. The van der Waals surface area contributed by atoms with Gasteiger partial charge in [0.05, 0.1) is 19.1 Å². The van der Waals surface area contributed by atoms with Gasteiger partial charge in [-0.1, -0.05) is 13.0 Å². The molecule has 0 spiro atoms. The molecular formula is C17H18O3S. The number of benzene rings is 1. The second-order valence-electron chi connectivity index (χ2n) is 4.46. The summed E-state index contributed by atoms with van der Waals surface area (Å²) in [5, 5.41) is 0. The maximum Gasteiger partial charge on any atom is 0.195 e. The van der Waals surface area contributed by atoms with Gasteiger partial charge in [0.1, 0.15) is 11.5 Å². The maximum absolute atomic E-state index is 12.1. The van der Waals surface area contributed by atoms with E-state index in [4.69, 9.17) is 9.47 Å². The Morgan fingerprint density at radius 3 is 2.33 bits per heavy atom. The van der Waals surface area contributed by atoms with Crippen LogP contribution < -0.4 is 9.47 Å². The van der Waals surface area contributed by atoms with E-state index in [2.05, 4.69) is 6.92 Å². The van der Waals surface area contributed by atoms with Gasteiger partial charge in [0.2, 0.25) is 0 Å². The molecule has 21 heavy (non-hydrogen) atoms. The SMILES string of the molecule is CCc1ccc(C(=O)/C=C/c2cc(OC)cc(OC)c2)s1.